The van der Waals surface area contributed by atoms with E-state index in [0.29, 0.717) is 24.3 Å². The minimum absolute atomic E-state index is 0.191. The summed E-state index contributed by atoms with van der Waals surface area (Å²) in [5.41, 5.74) is -3.76. The Labute approximate surface area is 219 Å². The van der Waals surface area contributed by atoms with Crippen LogP contribution in [0.5, 0.6) is 0 Å². The van der Waals surface area contributed by atoms with Gasteiger partial charge in [0.2, 0.25) is 0 Å². The summed E-state index contributed by atoms with van der Waals surface area (Å²) in [6.45, 7) is 0. The number of carbonyl (C=O) groups excluding carboxylic acids is 1. The summed E-state index contributed by atoms with van der Waals surface area (Å²) < 4.78 is 139. The van der Waals surface area contributed by atoms with E-state index >= 15 is 0 Å². The molecule has 0 bridgehead atoms. The lowest BCUT2D eigenvalue weighted by molar-refractivity contribution is -0.138. The van der Waals surface area contributed by atoms with Crippen LogP contribution >= 0.6 is 0 Å². The van der Waals surface area contributed by atoms with Crippen LogP contribution in [0.4, 0.5) is 32.0 Å². The van der Waals surface area contributed by atoms with E-state index in [2.05, 4.69) is 4.74 Å². The molecular weight excluding hydrogens is 576 g/mol. The molecule has 0 aromatic heterocycles. The lowest BCUT2D eigenvalue weighted by Crippen LogP contribution is -2.37. The summed E-state index contributed by atoms with van der Waals surface area (Å²) in [7, 11) is -9.86. The summed E-state index contributed by atoms with van der Waals surface area (Å²) in [6, 6.07) is 8.98. The van der Waals surface area contributed by atoms with Crippen LogP contribution in [0, 0.1) is 0 Å². The molecule has 39 heavy (non-hydrogen) atoms. The molecule has 15 heteroatoms. The molecule has 0 aliphatic heterocycles. The van der Waals surface area contributed by atoms with E-state index in [4.69, 9.17) is 0 Å². The minimum Gasteiger partial charge on any atom is -0.466 e. The number of rotatable bonds is 7. The van der Waals surface area contributed by atoms with Gasteiger partial charge in [0.1, 0.15) is 0 Å². The predicted molar refractivity (Wildman–Crippen MR) is 127 cm³/mol. The fourth-order valence-electron chi connectivity index (χ4n) is 3.27. The fourth-order valence-corrected chi connectivity index (χ4v) is 7.10. The number of sulfonamides is 2. The van der Waals surface area contributed by atoms with Crippen molar-refractivity contribution in [3.05, 3.63) is 95.6 Å². The Balaban J connectivity index is 2.37. The zero-order valence-electron chi connectivity index (χ0n) is 19.6. The molecule has 0 radical (unpaired) electrons. The summed E-state index contributed by atoms with van der Waals surface area (Å²) in [6.07, 6.45) is -8.23. The molecule has 3 aromatic carbocycles. The third-order valence-electron chi connectivity index (χ3n) is 5.09. The van der Waals surface area contributed by atoms with Crippen LogP contribution in [-0.2, 0) is 41.9 Å². The fraction of sp³-hybridized carbons (Fsp3) is 0.125. The number of carbonyl (C=O) groups is 1. The SMILES string of the molecule is COC(=O)/C=C/c1ccccc1N(S(=O)(=O)c1cccc(C(F)(F)F)c1)S(=O)(=O)c1cccc(C(F)(F)F)c1. The first-order valence-electron chi connectivity index (χ1n) is 10.5. The molecule has 3 aromatic rings. The topological polar surface area (TPSA) is 97.8 Å². The number of para-hydroxylation sites is 1. The standard InChI is InChI=1S/C24H17F6NO6S2/c1-37-22(32)13-12-16-6-2-3-11-21(16)31(38(33,34)19-9-4-7-17(14-19)23(25,26)27)39(35,36)20-10-5-8-18(15-20)24(28,29)30/h2-15H,1H3/b13-12+. The van der Waals surface area contributed by atoms with E-state index in [9.17, 15) is 48.0 Å². The Morgan fingerprint density at radius 3 is 1.64 bits per heavy atom. The smallest absolute Gasteiger partial charge is 0.416 e. The van der Waals surface area contributed by atoms with Crippen LogP contribution in [0.1, 0.15) is 16.7 Å². The number of nitrogens with zero attached hydrogens (tertiary/aromatic N) is 1. The van der Waals surface area contributed by atoms with Crippen molar-refractivity contribution in [3.63, 3.8) is 0 Å². The van der Waals surface area contributed by atoms with Crippen LogP contribution in [0.25, 0.3) is 6.08 Å². The predicted octanol–water partition coefficient (Wildman–Crippen LogP) is 5.49. The summed E-state index contributed by atoms with van der Waals surface area (Å²) in [5.74, 6) is -0.919. The second-order valence-electron chi connectivity index (χ2n) is 7.67. The molecule has 0 aliphatic rings. The van der Waals surface area contributed by atoms with E-state index < -0.39 is 65.0 Å². The van der Waals surface area contributed by atoms with E-state index in [1.54, 1.807) is 0 Å². The van der Waals surface area contributed by atoms with Crippen LogP contribution in [0.3, 0.4) is 0 Å². The lowest BCUT2D eigenvalue weighted by Gasteiger charge is -2.26. The Bertz CT molecular complexity index is 1540. The second-order valence-corrected chi connectivity index (χ2v) is 11.5. The van der Waals surface area contributed by atoms with E-state index in [1.807, 2.05) is 0 Å². The maximum Gasteiger partial charge on any atom is 0.416 e. The molecular formula is C24H17F6NO6S2. The average Bonchev–Trinajstić information content (AvgIpc) is 2.87. The molecule has 0 atom stereocenters. The molecule has 0 unspecified atom stereocenters. The van der Waals surface area contributed by atoms with Gasteiger partial charge in [0.05, 0.1) is 33.7 Å². The normalized spacial score (nSPS) is 12.9. The van der Waals surface area contributed by atoms with E-state index in [0.717, 1.165) is 37.5 Å². The van der Waals surface area contributed by atoms with Crippen molar-refractivity contribution < 1.29 is 52.7 Å². The molecule has 208 valence electrons. The van der Waals surface area contributed by atoms with Crippen LogP contribution in [-0.4, -0.2) is 29.9 Å². The molecule has 0 aliphatic carbocycles. The third kappa shape index (κ3) is 6.42. The Morgan fingerprint density at radius 2 is 1.21 bits per heavy atom. The van der Waals surface area contributed by atoms with Crippen molar-refractivity contribution in [1.82, 2.24) is 0 Å². The Hall–Kier alpha value is -3.85. The number of benzene rings is 3. The number of hydrogen-bond donors (Lipinski definition) is 0. The van der Waals surface area contributed by atoms with Crippen molar-refractivity contribution in [2.75, 3.05) is 10.8 Å². The first-order valence-corrected chi connectivity index (χ1v) is 13.4. The van der Waals surface area contributed by atoms with Crippen molar-refractivity contribution in [2.45, 2.75) is 22.1 Å². The molecule has 3 rings (SSSR count). The molecule has 7 nitrogen and oxygen atoms in total. The number of halogens is 6. The van der Waals surface area contributed by atoms with Gasteiger partial charge in [-0.05, 0) is 48.5 Å². The lowest BCUT2D eigenvalue weighted by atomic mass is 10.2. The van der Waals surface area contributed by atoms with Gasteiger partial charge in [-0.3, -0.25) is 0 Å². The highest BCUT2D eigenvalue weighted by atomic mass is 32.3. The zero-order chi connectivity index (χ0) is 29.2. The van der Waals surface area contributed by atoms with E-state index in [-0.39, 0.29) is 21.4 Å². The second kappa shape index (κ2) is 10.7. The molecule has 0 fully saturated rings. The molecule has 0 heterocycles. The molecule has 0 N–H and O–H groups in total. The van der Waals surface area contributed by atoms with Crippen LogP contribution in [0.2, 0.25) is 0 Å². The van der Waals surface area contributed by atoms with Gasteiger partial charge in [0.15, 0.2) is 0 Å². The molecule has 0 amide bonds. The highest BCUT2D eigenvalue weighted by molar-refractivity contribution is 8.10. The third-order valence-corrected chi connectivity index (χ3v) is 9.23. The van der Waals surface area contributed by atoms with Gasteiger partial charge in [-0.2, -0.15) is 30.1 Å². The maximum atomic E-state index is 13.7. The monoisotopic (exact) mass is 593 g/mol. The molecule has 0 saturated heterocycles. The summed E-state index contributed by atoms with van der Waals surface area (Å²) in [5, 5.41) is 0. The first-order chi connectivity index (χ1) is 18.0. The highest BCUT2D eigenvalue weighted by Gasteiger charge is 2.41. The number of hydrogen-bond acceptors (Lipinski definition) is 6. The van der Waals surface area contributed by atoms with Gasteiger partial charge >= 0.3 is 18.3 Å². The summed E-state index contributed by atoms with van der Waals surface area (Å²) >= 11 is 0. The number of alkyl halides is 6. The van der Waals surface area contributed by atoms with Gasteiger partial charge in [0.25, 0.3) is 20.0 Å². The largest absolute Gasteiger partial charge is 0.466 e. The maximum absolute atomic E-state index is 13.7. The Kier molecular flexibility index (Phi) is 8.17. The van der Waals surface area contributed by atoms with Gasteiger partial charge in [-0.25, -0.2) is 21.6 Å². The van der Waals surface area contributed by atoms with Crippen LogP contribution < -0.4 is 3.71 Å². The molecule has 0 spiro atoms. The average molecular weight is 594 g/mol. The van der Waals surface area contributed by atoms with Gasteiger partial charge in [-0.15, -0.1) is 0 Å². The van der Waals surface area contributed by atoms with Gasteiger partial charge in [-0.1, -0.05) is 30.3 Å². The van der Waals surface area contributed by atoms with Crippen molar-refractivity contribution in [2.24, 2.45) is 0 Å². The zero-order valence-corrected chi connectivity index (χ0v) is 21.2. The van der Waals surface area contributed by atoms with Gasteiger partial charge < -0.3 is 4.74 Å². The Morgan fingerprint density at radius 1 is 0.744 bits per heavy atom. The first kappa shape index (κ1) is 29.7. The number of esters is 1. The number of methoxy groups -OCH3 is 1. The highest BCUT2D eigenvalue weighted by Crippen LogP contribution is 2.37. The molecule has 0 saturated carbocycles. The van der Waals surface area contributed by atoms with Crippen molar-refractivity contribution in [3.8, 4) is 0 Å². The van der Waals surface area contributed by atoms with Crippen molar-refractivity contribution >= 4 is 37.8 Å². The van der Waals surface area contributed by atoms with Crippen molar-refractivity contribution in [1.29, 1.82) is 0 Å². The van der Waals surface area contributed by atoms with Gasteiger partial charge in [0, 0.05) is 11.6 Å². The number of ether oxygens (including phenoxy) is 1. The summed E-state index contributed by atoms with van der Waals surface area (Å²) in [4.78, 5) is 9.37. The van der Waals surface area contributed by atoms with Crippen LogP contribution in [0.15, 0.2) is 88.7 Å². The minimum atomic E-state index is -5.44. The number of anilines is 1. The van der Waals surface area contributed by atoms with E-state index in [1.165, 1.54) is 18.2 Å². The quantitative estimate of drug-likeness (QED) is 0.204.